The normalized spacial score (nSPS) is 12.2. The zero-order chi connectivity index (χ0) is 23.1. The molecule has 3 aromatic rings. The zero-order valence-electron chi connectivity index (χ0n) is 17.2. The molecule has 32 heavy (non-hydrogen) atoms. The van der Waals surface area contributed by atoms with Crippen LogP contribution >= 0.6 is 0 Å². The van der Waals surface area contributed by atoms with Crippen molar-refractivity contribution in [1.29, 1.82) is 0 Å². The minimum atomic E-state index is -3.79. The molecule has 0 aliphatic heterocycles. The van der Waals surface area contributed by atoms with E-state index >= 15 is 0 Å². The van der Waals surface area contributed by atoms with Gasteiger partial charge in [0.05, 0.1) is 24.1 Å². The number of hydrogen-bond acceptors (Lipinski definition) is 6. The van der Waals surface area contributed by atoms with Gasteiger partial charge in [0.15, 0.2) is 0 Å². The molecule has 1 aromatic heterocycles. The highest BCUT2D eigenvalue weighted by atomic mass is 32.2. The molecule has 1 heterocycles. The fourth-order valence-electron chi connectivity index (χ4n) is 2.83. The number of carbonyl (C=O) groups excluding carboxylic acids is 1. The average Bonchev–Trinajstić information content (AvgIpc) is 3.26. The van der Waals surface area contributed by atoms with Gasteiger partial charge in [-0.3, -0.25) is 19.6 Å². The maximum Gasteiger partial charge on any atom is 0.321 e. The molecule has 0 aliphatic rings. The summed E-state index contributed by atoms with van der Waals surface area (Å²) in [5.41, 5.74) is 1.79. The second kappa shape index (κ2) is 10.1. The fourth-order valence-corrected chi connectivity index (χ4v) is 3.89. The van der Waals surface area contributed by atoms with Gasteiger partial charge in [0.25, 0.3) is 10.0 Å². The van der Waals surface area contributed by atoms with Gasteiger partial charge in [-0.2, -0.15) is 0 Å². The number of rotatable bonds is 10. The average molecular weight is 458 g/mol. The van der Waals surface area contributed by atoms with Crippen LogP contribution in [0.5, 0.6) is 0 Å². The van der Waals surface area contributed by atoms with Crippen LogP contribution in [0.15, 0.2) is 76.2 Å². The molecule has 9 nitrogen and oxygen atoms in total. The van der Waals surface area contributed by atoms with Gasteiger partial charge >= 0.3 is 5.97 Å². The fraction of sp³-hybridized carbons (Fsp3) is 0.182. The van der Waals surface area contributed by atoms with E-state index in [0.717, 1.165) is 5.56 Å². The lowest BCUT2D eigenvalue weighted by Gasteiger charge is -2.14. The molecule has 3 rings (SSSR count). The third kappa shape index (κ3) is 6.43. The predicted octanol–water partition coefficient (Wildman–Crippen LogP) is 2.96. The molecule has 0 fully saturated rings. The summed E-state index contributed by atoms with van der Waals surface area (Å²) in [4.78, 5) is 23.7. The summed E-state index contributed by atoms with van der Waals surface area (Å²) < 4.78 is 32.7. The molecular formula is C22H23N3O6S. The number of sulfonamides is 1. The summed E-state index contributed by atoms with van der Waals surface area (Å²) in [6.07, 6.45) is 1.16. The van der Waals surface area contributed by atoms with Crippen LogP contribution in [0.3, 0.4) is 0 Å². The first-order valence-electron chi connectivity index (χ1n) is 9.71. The molecule has 1 atom stereocenters. The lowest BCUT2D eigenvalue weighted by atomic mass is 10.2. The van der Waals surface area contributed by atoms with Crippen LogP contribution in [0.2, 0.25) is 0 Å². The molecule has 1 unspecified atom stereocenters. The van der Waals surface area contributed by atoms with Crippen LogP contribution in [0, 0.1) is 6.92 Å². The first-order valence-corrected chi connectivity index (χ1v) is 11.2. The molecule has 1 amide bonds. The van der Waals surface area contributed by atoms with E-state index in [2.05, 4.69) is 15.4 Å². The van der Waals surface area contributed by atoms with E-state index in [4.69, 9.17) is 4.42 Å². The Morgan fingerprint density at radius 3 is 2.25 bits per heavy atom. The SMILES string of the molecule is Cc1ccc(NS(=O)(=O)c2ccc(NC(=O)CC(NCc3ccco3)C(=O)O)cc2)cc1. The first-order chi connectivity index (χ1) is 15.2. The first kappa shape index (κ1) is 23.0. The van der Waals surface area contributed by atoms with Crippen molar-refractivity contribution in [1.82, 2.24) is 5.32 Å². The van der Waals surface area contributed by atoms with Crippen LogP contribution < -0.4 is 15.4 Å². The highest BCUT2D eigenvalue weighted by Gasteiger charge is 2.21. The molecular weight excluding hydrogens is 434 g/mol. The van der Waals surface area contributed by atoms with Gasteiger partial charge in [-0.15, -0.1) is 0 Å². The lowest BCUT2D eigenvalue weighted by molar-refractivity contribution is -0.141. The van der Waals surface area contributed by atoms with Gasteiger partial charge in [-0.05, 0) is 55.5 Å². The van der Waals surface area contributed by atoms with E-state index in [1.807, 2.05) is 6.92 Å². The van der Waals surface area contributed by atoms with E-state index in [9.17, 15) is 23.1 Å². The lowest BCUT2D eigenvalue weighted by Crippen LogP contribution is -2.39. The third-order valence-corrected chi connectivity index (χ3v) is 5.94. The van der Waals surface area contributed by atoms with Crippen molar-refractivity contribution in [2.75, 3.05) is 10.0 Å². The van der Waals surface area contributed by atoms with Crippen molar-refractivity contribution in [2.24, 2.45) is 0 Å². The molecule has 168 valence electrons. The van der Waals surface area contributed by atoms with Crippen LogP contribution in [-0.4, -0.2) is 31.4 Å². The number of carboxylic acids is 1. The Balaban J connectivity index is 1.58. The van der Waals surface area contributed by atoms with Crippen molar-refractivity contribution in [3.05, 3.63) is 78.3 Å². The predicted molar refractivity (Wildman–Crippen MR) is 119 cm³/mol. The van der Waals surface area contributed by atoms with E-state index in [1.54, 1.807) is 36.4 Å². The molecule has 0 radical (unpaired) electrons. The molecule has 10 heteroatoms. The van der Waals surface area contributed by atoms with Gasteiger partial charge in [-0.25, -0.2) is 8.42 Å². The van der Waals surface area contributed by atoms with Gasteiger partial charge < -0.3 is 14.8 Å². The molecule has 0 saturated carbocycles. The molecule has 4 N–H and O–H groups in total. The summed E-state index contributed by atoms with van der Waals surface area (Å²) in [6.45, 7) is 2.07. The van der Waals surface area contributed by atoms with Crippen molar-refractivity contribution in [3.8, 4) is 0 Å². The van der Waals surface area contributed by atoms with Gasteiger partial charge in [0, 0.05) is 11.4 Å². The molecule has 0 spiro atoms. The Bertz CT molecular complexity index is 1160. The number of benzene rings is 2. The number of aliphatic carboxylic acids is 1. The Hall–Kier alpha value is -3.63. The van der Waals surface area contributed by atoms with Gasteiger partial charge in [0.2, 0.25) is 5.91 Å². The number of carbonyl (C=O) groups is 2. The number of furan rings is 1. The Labute approximate surface area is 185 Å². The summed E-state index contributed by atoms with van der Waals surface area (Å²) in [5.74, 6) is -1.15. The number of nitrogens with one attached hydrogen (secondary N) is 3. The minimum Gasteiger partial charge on any atom is -0.480 e. The second-order valence-electron chi connectivity index (χ2n) is 7.10. The van der Waals surface area contributed by atoms with Crippen molar-refractivity contribution in [3.63, 3.8) is 0 Å². The minimum absolute atomic E-state index is 0.0274. The van der Waals surface area contributed by atoms with Crippen molar-refractivity contribution >= 4 is 33.3 Å². The summed E-state index contributed by atoms with van der Waals surface area (Å²) in [6, 6.07) is 14.8. The molecule has 0 saturated heterocycles. The van der Waals surface area contributed by atoms with Gasteiger partial charge in [-0.1, -0.05) is 17.7 Å². The quantitative estimate of drug-likeness (QED) is 0.367. The van der Waals surface area contributed by atoms with Crippen LogP contribution in [0.25, 0.3) is 0 Å². The smallest absolute Gasteiger partial charge is 0.321 e. The summed E-state index contributed by atoms with van der Waals surface area (Å²) in [5, 5.41) is 14.7. The van der Waals surface area contributed by atoms with Crippen molar-refractivity contribution in [2.45, 2.75) is 30.8 Å². The number of hydrogen-bond donors (Lipinski definition) is 4. The third-order valence-electron chi connectivity index (χ3n) is 4.54. The van der Waals surface area contributed by atoms with E-state index in [-0.39, 0.29) is 17.9 Å². The number of aryl methyl sites for hydroxylation is 1. The standard InChI is InChI=1S/C22H23N3O6S/c1-15-4-6-17(7-5-15)25-32(29,30)19-10-8-16(9-11-19)24-21(26)13-20(22(27)28)23-14-18-3-2-12-31-18/h2-12,20,23,25H,13-14H2,1H3,(H,24,26)(H,27,28). The monoisotopic (exact) mass is 457 g/mol. The second-order valence-corrected chi connectivity index (χ2v) is 8.78. The van der Waals surface area contributed by atoms with Crippen LogP contribution in [0.4, 0.5) is 11.4 Å². The highest BCUT2D eigenvalue weighted by molar-refractivity contribution is 7.92. The van der Waals surface area contributed by atoms with E-state index in [0.29, 0.717) is 17.1 Å². The number of carboxylic acid groups (broad SMARTS) is 1. The Morgan fingerprint density at radius 1 is 1.00 bits per heavy atom. The maximum atomic E-state index is 12.5. The summed E-state index contributed by atoms with van der Waals surface area (Å²) in [7, 11) is -3.79. The van der Waals surface area contributed by atoms with E-state index < -0.39 is 27.9 Å². The highest BCUT2D eigenvalue weighted by Crippen LogP contribution is 2.19. The molecule has 0 bridgehead atoms. The molecule has 0 aliphatic carbocycles. The maximum absolute atomic E-state index is 12.5. The zero-order valence-corrected chi connectivity index (χ0v) is 18.1. The Kier molecular flexibility index (Phi) is 7.29. The Morgan fingerprint density at radius 2 is 1.66 bits per heavy atom. The summed E-state index contributed by atoms with van der Waals surface area (Å²) >= 11 is 0. The van der Waals surface area contributed by atoms with Crippen LogP contribution in [-0.2, 0) is 26.2 Å². The van der Waals surface area contributed by atoms with Crippen LogP contribution in [0.1, 0.15) is 17.7 Å². The number of amides is 1. The molecule has 2 aromatic carbocycles. The largest absolute Gasteiger partial charge is 0.480 e. The van der Waals surface area contributed by atoms with Gasteiger partial charge in [0.1, 0.15) is 11.8 Å². The topological polar surface area (TPSA) is 138 Å². The van der Waals surface area contributed by atoms with Crippen molar-refractivity contribution < 1.29 is 27.5 Å². The van der Waals surface area contributed by atoms with E-state index in [1.165, 1.54) is 30.5 Å². The number of anilines is 2.